The van der Waals surface area contributed by atoms with E-state index >= 15 is 0 Å². The molecule has 0 atom stereocenters. The third kappa shape index (κ3) is 5.23. The van der Waals surface area contributed by atoms with E-state index in [0.29, 0.717) is 33.7 Å². The van der Waals surface area contributed by atoms with Gasteiger partial charge in [-0.2, -0.15) is 0 Å². The van der Waals surface area contributed by atoms with Crippen molar-refractivity contribution in [3.05, 3.63) is 99.4 Å². The molecule has 168 valence electrons. The van der Waals surface area contributed by atoms with Crippen molar-refractivity contribution < 1.29 is 23.5 Å². The Kier molecular flexibility index (Phi) is 6.74. The summed E-state index contributed by atoms with van der Waals surface area (Å²) >= 11 is 3.50. The van der Waals surface area contributed by atoms with E-state index in [-0.39, 0.29) is 18.1 Å². The first-order chi connectivity index (χ1) is 15.9. The van der Waals surface area contributed by atoms with Crippen LogP contribution >= 0.6 is 15.9 Å². The molecule has 8 heteroatoms. The molecule has 3 amide bonds. The first-order valence-electron chi connectivity index (χ1n) is 10.1. The summed E-state index contributed by atoms with van der Waals surface area (Å²) < 4.78 is 25.2. The molecule has 1 N–H and O–H groups in total. The summed E-state index contributed by atoms with van der Waals surface area (Å²) in [4.78, 5) is 26.2. The van der Waals surface area contributed by atoms with Gasteiger partial charge in [0.25, 0.3) is 5.91 Å². The molecule has 0 bridgehead atoms. The van der Waals surface area contributed by atoms with Crippen molar-refractivity contribution in [2.75, 3.05) is 7.11 Å². The van der Waals surface area contributed by atoms with Crippen molar-refractivity contribution in [2.45, 2.75) is 13.2 Å². The number of imide groups is 1. The van der Waals surface area contributed by atoms with E-state index in [9.17, 15) is 14.0 Å². The number of rotatable bonds is 7. The second kappa shape index (κ2) is 9.87. The van der Waals surface area contributed by atoms with Crippen LogP contribution in [0.25, 0.3) is 6.08 Å². The largest absolute Gasteiger partial charge is 0.493 e. The summed E-state index contributed by atoms with van der Waals surface area (Å²) in [5.74, 6) is 0.169. The molecule has 6 nitrogen and oxygen atoms in total. The lowest BCUT2D eigenvalue weighted by Crippen LogP contribution is -2.30. The van der Waals surface area contributed by atoms with Crippen LogP contribution < -0.4 is 14.8 Å². The minimum absolute atomic E-state index is 0.0407. The van der Waals surface area contributed by atoms with Crippen molar-refractivity contribution in [1.82, 2.24) is 10.2 Å². The fourth-order valence-electron chi connectivity index (χ4n) is 3.31. The van der Waals surface area contributed by atoms with E-state index in [1.165, 1.54) is 31.4 Å². The zero-order chi connectivity index (χ0) is 23.4. The summed E-state index contributed by atoms with van der Waals surface area (Å²) in [5.41, 5.74) is 2.42. The molecule has 33 heavy (non-hydrogen) atoms. The molecule has 4 rings (SSSR count). The lowest BCUT2D eigenvalue weighted by Gasteiger charge is -2.13. The number of carbonyl (C=O) groups excluding carboxylic acids is 2. The molecule has 1 saturated heterocycles. The van der Waals surface area contributed by atoms with Gasteiger partial charge in [0, 0.05) is 4.47 Å². The van der Waals surface area contributed by atoms with Gasteiger partial charge in [0.1, 0.15) is 18.1 Å². The standard InChI is InChI=1S/C25H20BrFN2O4/c1-32-22-12-18(20(26)13-23(22)33-15-17-5-3-2-4-6-17)11-21-24(30)29(25(31)28-21)14-16-7-9-19(27)10-8-16/h2-13H,14-15H2,1H3,(H,28,31)/b21-11+. The van der Waals surface area contributed by atoms with Crippen molar-refractivity contribution in [3.63, 3.8) is 0 Å². The Morgan fingerprint density at radius 1 is 1.00 bits per heavy atom. The Morgan fingerprint density at radius 3 is 2.42 bits per heavy atom. The van der Waals surface area contributed by atoms with Crippen LogP contribution in [0.15, 0.2) is 76.9 Å². The second-order valence-electron chi connectivity index (χ2n) is 7.30. The van der Waals surface area contributed by atoms with Gasteiger partial charge in [-0.3, -0.25) is 9.69 Å². The predicted molar refractivity (Wildman–Crippen MR) is 125 cm³/mol. The molecule has 1 fully saturated rings. The molecule has 3 aromatic rings. The molecular formula is C25H20BrFN2O4. The zero-order valence-corrected chi connectivity index (χ0v) is 19.3. The van der Waals surface area contributed by atoms with E-state index in [4.69, 9.17) is 9.47 Å². The fraction of sp³-hybridized carbons (Fsp3) is 0.120. The van der Waals surface area contributed by atoms with Crippen LogP contribution in [0, 0.1) is 5.82 Å². The maximum absolute atomic E-state index is 13.1. The maximum Gasteiger partial charge on any atom is 0.329 e. The van der Waals surface area contributed by atoms with Crippen molar-refractivity contribution in [3.8, 4) is 11.5 Å². The van der Waals surface area contributed by atoms with Crippen molar-refractivity contribution in [1.29, 1.82) is 0 Å². The smallest absolute Gasteiger partial charge is 0.329 e. The highest BCUT2D eigenvalue weighted by atomic mass is 79.9. The molecule has 0 spiro atoms. The monoisotopic (exact) mass is 510 g/mol. The molecule has 3 aromatic carbocycles. The topological polar surface area (TPSA) is 67.9 Å². The first kappa shape index (κ1) is 22.5. The van der Waals surface area contributed by atoms with Crippen molar-refractivity contribution >= 4 is 33.9 Å². The average Bonchev–Trinajstić information content (AvgIpc) is 3.08. The molecule has 0 aliphatic carbocycles. The second-order valence-corrected chi connectivity index (χ2v) is 8.16. The lowest BCUT2D eigenvalue weighted by molar-refractivity contribution is -0.123. The van der Waals surface area contributed by atoms with Gasteiger partial charge >= 0.3 is 6.03 Å². The number of nitrogens with zero attached hydrogens (tertiary/aromatic N) is 1. The number of ether oxygens (including phenoxy) is 2. The number of benzene rings is 3. The molecule has 1 heterocycles. The highest BCUT2D eigenvalue weighted by molar-refractivity contribution is 9.10. The summed E-state index contributed by atoms with van der Waals surface area (Å²) in [6.07, 6.45) is 1.57. The van der Waals surface area contributed by atoms with Crippen LogP contribution in [0.5, 0.6) is 11.5 Å². The van der Waals surface area contributed by atoms with E-state index in [0.717, 1.165) is 10.5 Å². The van der Waals surface area contributed by atoms with Gasteiger partial charge in [-0.15, -0.1) is 0 Å². The molecule has 0 radical (unpaired) electrons. The highest BCUT2D eigenvalue weighted by Crippen LogP contribution is 2.35. The molecule has 0 aromatic heterocycles. The van der Waals surface area contributed by atoms with Crippen LogP contribution in [-0.4, -0.2) is 23.9 Å². The number of methoxy groups -OCH3 is 1. The SMILES string of the molecule is COc1cc(/C=C2/NC(=O)N(Cc3ccc(F)cc3)C2=O)c(Br)cc1OCc1ccccc1. The quantitative estimate of drug-likeness (QED) is 0.347. The molecule has 0 unspecified atom stereocenters. The number of urea groups is 1. The number of hydrogen-bond donors (Lipinski definition) is 1. The number of halogens is 2. The van der Waals surface area contributed by atoms with Crippen LogP contribution in [0.3, 0.4) is 0 Å². The van der Waals surface area contributed by atoms with Gasteiger partial charge < -0.3 is 14.8 Å². The lowest BCUT2D eigenvalue weighted by atomic mass is 10.1. The van der Waals surface area contributed by atoms with Crippen molar-refractivity contribution in [2.24, 2.45) is 0 Å². The van der Waals surface area contributed by atoms with Gasteiger partial charge in [0.15, 0.2) is 11.5 Å². The first-order valence-corrected chi connectivity index (χ1v) is 10.9. The van der Waals surface area contributed by atoms with Crippen LogP contribution in [0.4, 0.5) is 9.18 Å². The van der Waals surface area contributed by atoms with Crippen LogP contribution in [0.1, 0.15) is 16.7 Å². The maximum atomic E-state index is 13.1. The minimum Gasteiger partial charge on any atom is -0.493 e. The summed E-state index contributed by atoms with van der Waals surface area (Å²) in [7, 11) is 1.53. The van der Waals surface area contributed by atoms with E-state index < -0.39 is 11.9 Å². The van der Waals surface area contributed by atoms with Crippen LogP contribution in [-0.2, 0) is 17.9 Å². The van der Waals surface area contributed by atoms with E-state index in [1.807, 2.05) is 30.3 Å². The number of amides is 3. The van der Waals surface area contributed by atoms with Gasteiger partial charge in [-0.1, -0.05) is 58.4 Å². The Labute approximate surface area is 198 Å². The Bertz CT molecular complexity index is 1210. The number of hydrogen-bond acceptors (Lipinski definition) is 4. The normalized spacial score (nSPS) is 14.5. The van der Waals surface area contributed by atoms with Gasteiger partial charge in [-0.25, -0.2) is 9.18 Å². The fourth-order valence-corrected chi connectivity index (χ4v) is 3.75. The molecule has 0 saturated carbocycles. The van der Waals surface area contributed by atoms with Crippen LogP contribution in [0.2, 0.25) is 0 Å². The van der Waals surface area contributed by atoms with Gasteiger partial charge in [0.2, 0.25) is 0 Å². The zero-order valence-electron chi connectivity index (χ0n) is 17.7. The molecular weight excluding hydrogens is 491 g/mol. The average molecular weight is 511 g/mol. The Balaban J connectivity index is 1.53. The molecule has 1 aliphatic heterocycles. The number of carbonyl (C=O) groups is 2. The summed E-state index contributed by atoms with van der Waals surface area (Å²) in [6, 6.07) is 18.3. The number of nitrogens with one attached hydrogen (secondary N) is 1. The van der Waals surface area contributed by atoms with E-state index in [2.05, 4.69) is 21.2 Å². The van der Waals surface area contributed by atoms with Gasteiger partial charge in [-0.05, 0) is 47.0 Å². The summed E-state index contributed by atoms with van der Waals surface area (Å²) in [6.45, 7) is 0.413. The van der Waals surface area contributed by atoms with Gasteiger partial charge in [0.05, 0.1) is 13.7 Å². The Morgan fingerprint density at radius 2 is 1.73 bits per heavy atom. The molecule has 1 aliphatic rings. The minimum atomic E-state index is -0.540. The predicted octanol–water partition coefficient (Wildman–Crippen LogP) is 5.27. The third-order valence-corrected chi connectivity index (χ3v) is 5.72. The summed E-state index contributed by atoms with van der Waals surface area (Å²) in [5, 5.41) is 2.59. The third-order valence-electron chi connectivity index (χ3n) is 5.04. The highest BCUT2D eigenvalue weighted by Gasteiger charge is 2.33. The Hall–Kier alpha value is -3.65. The van der Waals surface area contributed by atoms with E-state index in [1.54, 1.807) is 18.2 Å².